The van der Waals surface area contributed by atoms with E-state index < -0.39 is 0 Å². The number of benzene rings is 15. The maximum absolute atomic E-state index is 6.08. The van der Waals surface area contributed by atoms with E-state index in [1.54, 1.807) is 0 Å². The van der Waals surface area contributed by atoms with E-state index in [2.05, 4.69) is 284 Å². The summed E-state index contributed by atoms with van der Waals surface area (Å²) in [6.07, 6.45) is 1.89. The lowest BCUT2D eigenvalue weighted by Crippen LogP contribution is -1.96. The first kappa shape index (κ1) is 72.6. The second-order valence-corrected chi connectivity index (χ2v) is 29.3. The summed E-state index contributed by atoms with van der Waals surface area (Å²) >= 11 is 0. The molecule has 0 saturated heterocycles. The maximum atomic E-state index is 6.08. The van der Waals surface area contributed by atoms with Crippen molar-refractivity contribution in [2.75, 3.05) is 0 Å². The van der Waals surface area contributed by atoms with E-state index in [0.29, 0.717) is 23.3 Å². The molecule has 120 heavy (non-hydrogen) atoms. The molecule has 0 spiro atoms. The van der Waals surface area contributed by atoms with Crippen LogP contribution < -0.4 is 0 Å². The highest BCUT2D eigenvalue weighted by Gasteiger charge is 2.20. The molecule has 0 unspecified atom stereocenters. The number of hydrogen-bond donors (Lipinski definition) is 0. The van der Waals surface area contributed by atoms with Gasteiger partial charge in [0.05, 0.1) is 45.0 Å². The van der Waals surface area contributed by atoms with Gasteiger partial charge < -0.3 is 8.83 Å². The summed E-state index contributed by atoms with van der Waals surface area (Å²) in [6, 6.07) is 148. The van der Waals surface area contributed by atoms with Crippen LogP contribution in [0.1, 0.15) is 0 Å². The Morgan fingerprint density at radius 1 is 0.158 bits per heavy atom. The molecule has 10 heteroatoms. The average molecular weight is 1540 g/mol. The van der Waals surface area contributed by atoms with Crippen molar-refractivity contribution < 1.29 is 8.83 Å². The number of para-hydroxylation sites is 4. The van der Waals surface area contributed by atoms with E-state index in [9.17, 15) is 0 Å². The second-order valence-electron chi connectivity index (χ2n) is 29.3. The van der Waals surface area contributed by atoms with Crippen LogP contribution >= 0.6 is 0 Å². The summed E-state index contributed by atoms with van der Waals surface area (Å²) in [7, 11) is 0. The Kier molecular flexibility index (Phi) is 19.9. The van der Waals surface area contributed by atoms with Crippen LogP contribution in [0.5, 0.6) is 0 Å². The lowest BCUT2D eigenvalue weighted by atomic mass is 9.94. The SMILES string of the molecule is c1ccc(-c2ccc3nc(-c4ccccc4)cc(-c4ccc(-c5cc(-c6ccccc6)nc(-c6ccccc6)n5)cc4)c3c2)cc1.c1ccc(-c2ccc3nc(-c4ccccc4)cc(-c4ccc(-c5nc6ccccc6o5)nc4)c3c2)cc1.c1ccc(-c2ccc3nc(-c4ccccc4)cc(-c4cccc(-c5nc6ccccc6o5)c4)c3c2)cc1. The molecular weight excluding hydrogens is 1470 g/mol. The zero-order valence-corrected chi connectivity index (χ0v) is 65.0. The van der Waals surface area contributed by atoms with Gasteiger partial charge in [-0.15, -0.1) is 0 Å². The molecule has 0 atom stereocenters. The van der Waals surface area contributed by atoms with Gasteiger partial charge in [-0.25, -0.2) is 34.9 Å². The summed E-state index contributed by atoms with van der Waals surface area (Å²) < 4.78 is 12.0. The molecule has 0 fully saturated rings. The van der Waals surface area contributed by atoms with Gasteiger partial charge in [0.2, 0.25) is 11.8 Å². The number of hydrogen-bond acceptors (Lipinski definition) is 10. The van der Waals surface area contributed by atoms with Gasteiger partial charge >= 0.3 is 0 Å². The molecule has 15 aromatic carbocycles. The van der Waals surface area contributed by atoms with E-state index in [-0.39, 0.29) is 0 Å². The predicted octanol–water partition coefficient (Wildman–Crippen LogP) is 28.5. The third kappa shape index (κ3) is 15.4. The van der Waals surface area contributed by atoms with Crippen molar-refractivity contribution in [1.82, 2.24) is 39.9 Å². The molecule has 0 aliphatic heterocycles. The summed E-state index contributed by atoms with van der Waals surface area (Å²) in [6.45, 7) is 0. The molecule has 22 aromatic rings. The van der Waals surface area contributed by atoms with Crippen LogP contribution in [-0.2, 0) is 0 Å². The fourth-order valence-electron chi connectivity index (χ4n) is 15.5. The quantitative estimate of drug-likeness (QED) is 0.104. The second kappa shape index (κ2) is 32.9. The molecule has 0 amide bonds. The van der Waals surface area contributed by atoms with Gasteiger partial charge in [-0.1, -0.05) is 328 Å². The first-order valence-electron chi connectivity index (χ1n) is 40.0. The predicted molar refractivity (Wildman–Crippen MR) is 490 cm³/mol. The Labute approximate surface area is 693 Å². The Hall–Kier alpha value is -16.3. The number of rotatable bonds is 14. The van der Waals surface area contributed by atoms with E-state index in [4.69, 9.17) is 43.7 Å². The van der Waals surface area contributed by atoms with E-state index >= 15 is 0 Å². The molecule has 7 aromatic heterocycles. The van der Waals surface area contributed by atoms with Gasteiger partial charge in [-0.05, 0) is 164 Å². The standard InChI is InChI=1S/C43H29N3.C34H22N2O.C33H21N3O/c1-5-13-30(14-6-1)36-25-26-39-38(27-36)37(28-40(44-39)32-15-7-2-8-16-32)31-21-23-34(24-22-31)42-29-41(33-17-9-3-10-18-33)45-43(46-42)35-19-11-4-12-20-35;1-3-10-23(11-4-1)25-18-19-30-29(21-25)28(22-32(35-30)24-12-5-2-6-13-24)26-14-9-15-27(20-26)34-36-31-16-7-8-17-33(31)37-34;1-3-9-22(10-4-1)24-15-17-28-27(19-24)26(20-31(35-28)23-11-5-2-6-12-23)25-16-18-30(34-21-25)33-36-29-13-7-8-14-32(29)37-33/h1-29H;1-22H;1-21H. The van der Waals surface area contributed by atoms with Gasteiger partial charge in [0, 0.05) is 66.9 Å². The lowest BCUT2D eigenvalue weighted by molar-refractivity contribution is 0.617. The number of fused-ring (bicyclic) bond motifs is 5. The van der Waals surface area contributed by atoms with Crippen molar-refractivity contribution in [2.45, 2.75) is 0 Å². The van der Waals surface area contributed by atoms with Crippen LogP contribution in [0, 0.1) is 0 Å². The third-order valence-electron chi connectivity index (χ3n) is 21.6. The molecule has 0 radical (unpaired) electrons. The molecule has 10 nitrogen and oxygen atoms in total. The van der Waals surface area contributed by atoms with E-state index in [1.165, 1.54) is 27.8 Å². The molecule has 0 N–H and O–H groups in total. The van der Waals surface area contributed by atoms with Crippen LogP contribution in [-0.4, -0.2) is 39.9 Å². The molecule has 0 aliphatic carbocycles. The van der Waals surface area contributed by atoms with Crippen LogP contribution in [0.4, 0.5) is 0 Å². The highest BCUT2D eigenvalue weighted by Crippen LogP contribution is 2.42. The smallest absolute Gasteiger partial charge is 0.246 e. The van der Waals surface area contributed by atoms with Crippen LogP contribution in [0.3, 0.4) is 0 Å². The normalized spacial score (nSPS) is 11.2. The largest absolute Gasteiger partial charge is 0.436 e. The first-order chi connectivity index (χ1) is 59.4. The Balaban J connectivity index is 0.000000116. The van der Waals surface area contributed by atoms with Crippen molar-refractivity contribution in [3.8, 4) is 157 Å². The average Bonchev–Trinajstić information content (AvgIpc) is 0.816. The van der Waals surface area contributed by atoms with Crippen molar-refractivity contribution in [3.05, 3.63) is 437 Å². The lowest BCUT2D eigenvalue weighted by Gasteiger charge is -2.13. The summed E-state index contributed by atoms with van der Waals surface area (Å²) in [5.41, 5.74) is 32.3. The number of aromatic nitrogens is 8. The third-order valence-corrected chi connectivity index (χ3v) is 21.6. The molecular formula is C110H72N8O2. The number of nitrogens with zero attached hydrogens (tertiary/aromatic N) is 8. The Morgan fingerprint density at radius 3 is 0.875 bits per heavy atom. The maximum Gasteiger partial charge on any atom is 0.246 e. The van der Waals surface area contributed by atoms with E-state index in [1.807, 2.05) is 158 Å². The van der Waals surface area contributed by atoms with Crippen molar-refractivity contribution in [1.29, 1.82) is 0 Å². The minimum absolute atomic E-state index is 0.517. The molecule has 22 rings (SSSR count). The summed E-state index contributed by atoms with van der Waals surface area (Å²) in [5.74, 6) is 1.85. The van der Waals surface area contributed by atoms with Gasteiger partial charge in [0.25, 0.3) is 0 Å². The van der Waals surface area contributed by atoms with Gasteiger partial charge in [-0.2, -0.15) is 0 Å². The van der Waals surface area contributed by atoms with Gasteiger partial charge in [0.15, 0.2) is 17.0 Å². The number of oxazole rings is 2. The minimum atomic E-state index is 0.517. The molecule has 0 bridgehead atoms. The topological polar surface area (TPSA) is 129 Å². The van der Waals surface area contributed by atoms with Crippen LogP contribution in [0.15, 0.2) is 446 Å². The van der Waals surface area contributed by atoms with Crippen molar-refractivity contribution in [3.63, 3.8) is 0 Å². The number of pyridine rings is 4. The van der Waals surface area contributed by atoms with E-state index in [0.717, 1.165) is 161 Å². The Bertz CT molecular complexity index is 7280. The molecule has 564 valence electrons. The van der Waals surface area contributed by atoms with Crippen LogP contribution in [0.2, 0.25) is 0 Å². The minimum Gasteiger partial charge on any atom is -0.436 e. The van der Waals surface area contributed by atoms with Crippen molar-refractivity contribution >= 4 is 54.9 Å². The summed E-state index contributed by atoms with van der Waals surface area (Å²) in [5, 5.41) is 3.31. The monoisotopic (exact) mass is 1540 g/mol. The first-order valence-corrected chi connectivity index (χ1v) is 40.0. The van der Waals surface area contributed by atoms with Gasteiger partial charge in [0.1, 0.15) is 16.7 Å². The zero-order chi connectivity index (χ0) is 79.9. The zero-order valence-electron chi connectivity index (χ0n) is 65.0. The van der Waals surface area contributed by atoms with Crippen molar-refractivity contribution in [2.24, 2.45) is 0 Å². The molecule has 0 saturated carbocycles. The Morgan fingerprint density at radius 2 is 0.467 bits per heavy atom. The highest BCUT2D eigenvalue weighted by atomic mass is 16.4. The van der Waals surface area contributed by atoms with Crippen LogP contribution in [0.25, 0.3) is 212 Å². The fourth-order valence-corrected chi connectivity index (χ4v) is 15.5. The fraction of sp³-hybridized carbons (Fsp3) is 0. The van der Waals surface area contributed by atoms with Gasteiger partial charge in [-0.3, -0.25) is 4.98 Å². The highest BCUT2D eigenvalue weighted by molar-refractivity contribution is 6.02. The summed E-state index contributed by atoms with van der Waals surface area (Å²) in [4.78, 5) is 39.2. The molecule has 7 heterocycles. The molecule has 0 aliphatic rings.